The zero-order valence-electron chi connectivity index (χ0n) is 7.67. The van der Waals surface area contributed by atoms with Crippen LogP contribution in [-0.4, -0.2) is 24.6 Å². The van der Waals surface area contributed by atoms with Crippen LogP contribution in [0, 0.1) is 5.82 Å². The molecule has 1 aliphatic heterocycles. The van der Waals surface area contributed by atoms with Crippen LogP contribution in [0.15, 0.2) is 22.7 Å². The maximum atomic E-state index is 13.3. The topological polar surface area (TPSA) is 3.24 Å². The molecule has 0 unspecified atom stereocenters. The van der Waals surface area contributed by atoms with Gasteiger partial charge in [-0.2, -0.15) is 11.8 Å². The van der Waals surface area contributed by atoms with Gasteiger partial charge in [0.1, 0.15) is 5.82 Å². The minimum Gasteiger partial charge on any atom is -0.370 e. The first kappa shape index (κ1) is 10.3. The van der Waals surface area contributed by atoms with Crippen molar-refractivity contribution in [2.45, 2.75) is 0 Å². The molecule has 1 saturated heterocycles. The van der Waals surface area contributed by atoms with Crippen LogP contribution in [0.4, 0.5) is 10.1 Å². The predicted molar refractivity (Wildman–Crippen MR) is 63.6 cm³/mol. The van der Waals surface area contributed by atoms with Crippen LogP contribution >= 0.6 is 27.7 Å². The quantitative estimate of drug-likeness (QED) is 0.775. The zero-order chi connectivity index (χ0) is 9.97. The van der Waals surface area contributed by atoms with Crippen molar-refractivity contribution in [1.82, 2.24) is 0 Å². The van der Waals surface area contributed by atoms with E-state index in [0.29, 0.717) is 4.47 Å². The van der Waals surface area contributed by atoms with Gasteiger partial charge in [0.05, 0.1) is 4.47 Å². The molecular weight excluding hydrogens is 265 g/mol. The fourth-order valence-electron chi connectivity index (χ4n) is 1.50. The van der Waals surface area contributed by atoms with Crippen LogP contribution in [0.1, 0.15) is 0 Å². The van der Waals surface area contributed by atoms with E-state index in [1.165, 1.54) is 0 Å². The Morgan fingerprint density at radius 3 is 2.64 bits per heavy atom. The zero-order valence-corrected chi connectivity index (χ0v) is 10.1. The fourth-order valence-corrected chi connectivity index (χ4v) is 2.65. The third-order valence-electron chi connectivity index (χ3n) is 2.28. The van der Waals surface area contributed by atoms with Crippen molar-refractivity contribution >= 4 is 33.4 Å². The largest absolute Gasteiger partial charge is 0.370 e. The molecule has 0 bridgehead atoms. The Morgan fingerprint density at radius 1 is 1.29 bits per heavy atom. The Morgan fingerprint density at radius 2 is 2.00 bits per heavy atom. The Labute approximate surface area is 95.8 Å². The van der Waals surface area contributed by atoms with Gasteiger partial charge in [-0.1, -0.05) is 0 Å². The van der Waals surface area contributed by atoms with Crippen LogP contribution in [0.2, 0.25) is 0 Å². The minimum absolute atomic E-state index is 0.180. The van der Waals surface area contributed by atoms with Gasteiger partial charge in [-0.3, -0.25) is 0 Å². The Bertz CT molecular complexity index is 326. The molecule has 1 nitrogen and oxygen atoms in total. The minimum atomic E-state index is -0.180. The van der Waals surface area contributed by atoms with Gasteiger partial charge < -0.3 is 4.90 Å². The SMILES string of the molecule is Fc1cc(N2CCSCC2)ccc1Br. The number of hydrogen-bond acceptors (Lipinski definition) is 2. The van der Waals surface area contributed by atoms with Gasteiger partial charge in [-0.15, -0.1) is 0 Å². The average molecular weight is 276 g/mol. The summed E-state index contributed by atoms with van der Waals surface area (Å²) in [5.74, 6) is 2.09. The predicted octanol–water partition coefficient (Wildman–Crippen LogP) is 3.14. The maximum Gasteiger partial charge on any atom is 0.139 e. The van der Waals surface area contributed by atoms with Crippen LogP contribution in [-0.2, 0) is 0 Å². The standard InChI is InChI=1S/C10H11BrFNS/c11-9-2-1-8(7-10(9)12)13-3-5-14-6-4-13/h1-2,7H,3-6H2. The molecule has 2 rings (SSSR count). The van der Waals surface area contributed by atoms with Gasteiger partial charge >= 0.3 is 0 Å². The van der Waals surface area contributed by atoms with Gasteiger partial charge in [-0.25, -0.2) is 4.39 Å². The summed E-state index contributed by atoms with van der Waals surface area (Å²) >= 11 is 5.11. The van der Waals surface area contributed by atoms with E-state index in [2.05, 4.69) is 20.8 Å². The summed E-state index contributed by atoms with van der Waals surface area (Å²) in [5.41, 5.74) is 0.992. The van der Waals surface area contributed by atoms with Crippen molar-refractivity contribution in [3.8, 4) is 0 Å². The molecule has 0 spiro atoms. The molecule has 1 aromatic rings. The van der Waals surface area contributed by atoms with Crippen LogP contribution in [0.3, 0.4) is 0 Å². The highest BCUT2D eigenvalue weighted by Gasteiger charge is 2.12. The number of hydrogen-bond donors (Lipinski definition) is 0. The van der Waals surface area contributed by atoms with E-state index in [-0.39, 0.29) is 5.82 Å². The van der Waals surface area contributed by atoms with E-state index in [4.69, 9.17) is 0 Å². The highest BCUT2D eigenvalue weighted by atomic mass is 79.9. The average Bonchev–Trinajstić information content (AvgIpc) is 2.23. The lowest BCUT2D eigenvalue weighted by atomic mass is 10.3. The monoisotopic (exact) mass is 275 g/mol. The normalized spacial score (nSPS) is 17.1. The van der Waals surface area contributed by atoms with Gasteiger partial charge in [0, 0.05) is 30.3 Å². The lowest BCUT2D eigenvalue weighted by Gasteiger charge is -2.28. The van der Waals surface area contributed by atoms with E-state index in [9.17, 15) is 4.39 Å². The first-order chi connectivity index (χ1) is 6.77. The molecular formula is C10H11BrFNS. The second kappa shape index (κ2) is 4.53. The fraction of sp³-hybridized carbons (Fsp3) is 0.400. The van der Waals surface area contributed by atoms with Crippen molar-refractivity contribution in [3.05, 3.63) is 28.5 Å². The van der Waals surface area contributed by atoms with Gasteiger partial charge in [0.2, 0.25) is 0 Å². The number of halogens is 2. The van der Waals surface area contributed by atoms with Crippen LogP contribution in [0.5, 0.6) is 0 Å². The number of thioether (sulfide) groups is 1. The first-order valence-electron chi connectivity index (χ1n) is 4.55. The van der Waals surface area contributed by atoms with Crippen molar-refractivity contribution < 1.29 is 4.39 Å². The molecule has 1 fully saturated rings. The van der Waals surface area contributed by atoms with Crippen LogP contribution in [0.25, 0.3) is 0 Å². The second-order valence-electron chi connectivity index (χ2n) is 3.20. The molecule has 1 aliphatic rings. The van der Waals surface area contributed by atoms with Gasteiger partial charge in [0.25, 0.3) is 0 Å². The highest BCUT2D eigenvalue weighted by molar-refractivity contribution is 9.10. The molecule has 14 heavy (non-hydrogen) atoms. The molecule has 1 aromatic carbocycles. The van der Waals surface area contributed by atoms with Crippen molar-refractivity contribution in [2.24, 2.45) is 0 Å². The number of nitrogens with zero attached hydrogens (tertiary/aromatic N) is 1. The summed E-state index contributed by atoms with van der Waals surface area (Å²) < 4.78 is 13.8. The summed E-state index contributed by atoms with van der Waals surface area (Å²) in [7, 11) is 0. The summed E-state index contributed by atoms with van der Waals surface area (Å²) in [6.45, 7) is 2.04. The van der Waals surface area contributed by atoms with Gasteiger partial charge in [0.15, 0.2) is 0 Å². The highest BCUT2D eigenvalue weighted by Crippen LogP contribution is 2.24. The maximum absolute atomic E-state index is 13.3. The summed E-state index contributed by atoms with van der Waals surface area (Å²) in [5, 5.41) is 0. The summed E-state index contributed by atoms with van der Waals surface area (Å²) in [6, 6.07) is 5.33. The van der Waals surface area contributed by atoms with E-state index in [0.717, 1.165) is 30.3 Å². The Kier molecular flexibility index (Phi) is 3.34. The molecule has 0 N–H and O–H groups in total. The smallest absolute Gasteiger partial charge is 0.139 e. The third-order valence-corrected chi connectivity index (χ3v) is 3.87. The Hall–Kier alpha value is -0.220. The number of benzene rings is 1. The Balaban J connectivity index is 2.18. The van der Waals surface area contributed by atoms with E-state index in [1.807, 2.05) is 17.8 Å². The van der Waals surface area contributed by atoms with E-state index in [1.54, 1.807) is 12.1 Å². The van der Waals surface area contributed by atoms with Crippen molar-refractivity contribution in [2.75, 3.05) is 29.5 Å². The van der Waals surface area contributed by atoms with Crippen molar-refractivity contribution in [1.29, 1.82) is 0 Å². The van der Waals surface area contributed by atoms with E-state index < -0.39 is 0 Å². The number of anilines is 1. The lowest BCUT2D eigenvalue weighted by molar-refractivity contribution is 0.620. The van der Waals surface area contributed by atoms with Crippen molar-refractivity contribution in [3.63, 3.8) is 0 Å². The molecule has 76 valence electrons. The molecule has 0 amide bonds. The molecule has 0 radical (unpaired) electrons. The molecule has 0 aromatic heterocycles. The number of rotatable bonds is 1. The summed E-state index contributed by atoms with van der Waals surface area (Å²) in [6.07, 6.45) is 0. The second-order valence-corrected chi connectivity index (χ2v) is 5.28. The first-order valence-corrected chi connectivity index (χ1v) is 6.50. The third kappa shape index (κ3) is 2.23. The molecule has 0 aliphatic carbocycles. The molecule has 0 saturated carbocycles. The summed E-state index contributed by atoms with van der Waals surface area (Å²) in [4.78, 5) is 2.23. The van der Waals surface area contributed by atoms with Crippen LogP contribution < -0.4 is 4.90 Å². The van der Waals surface area contributed by atoms with E-state index >= 15 is 0 Å². The lowest BCUT2D eigenvalue weighted by Crippen LogP contribution is -2.32. The molecule has 0 atom stereocenters. The molecule has 4 heteroatoms. The van der Waals surface area contributed by atoms with Gasteiger partial charge in [-0.05, 0) is 34.1 Å². The molecule has 1 heterocycles.